The maximum absolute atomic E-state index is 11.9. The maximum atomic E-state index is 11.9. The molecule has 0 saturated carbocycles. The number of nitrogens with one attached hydrogen (secondary N) is 1. The lowest BCUT2D eigenvalue weighted by Gasteiger charge is -2.23. The fourth-order valence-corrected chi connectivity index (χ4v) is 1.85. The van der Waals surface area contributed by atoms with E-state index in [1.165, 1.54) is 0 Å². The number of carbonyl (C=O) groups is 1. The Morgan fingerprint density at radius 1 is 1.23 bits per heavy atom. The molecule has 4 N–H and O–H groups in total. The number of hydrogen-bond donors (Lipinski definition) is 4. The maximum Gasteiger partial charge on any atom is 0.251 e. The lowest BCUT2D eigenvalue weighted by molar-refractivity contribution is -0.0515. The van der Waals surface area contributed by atoms with E-state index < -0.39 is 18.8 Å². The fraction of sp³-hybridized carbons (Fsp3) is 0.333. The average Bonchev–Trinajstić information content (AvgIpc) is 3.06. The molecule has 7 heteroatoms. The van der Waals surface area contributed by atoms with Gasteiger partial charge in [0.25, 0.3) is 5.91 Å². The molecule has 0 radical (unpaired) electrons. The van der Waals surface area contributed by atoms with Crippen LogP contribution in [0.15, 0.2) is 42.7 Å². The van der Waals surface area contributed by atoms with Crippen molar-refractivity contribution in [2.45, 2.75) is 12.1 Å². The second kappa shape index (κ2) is 7.17. The lowest BCUT2D eigenvalue weighted by atomic mass is 10.1. The minimum absolute atomic E-state index is 0.228. The van der Waals surface area contributed by atoms with Crippen molar-refractivity contribution < 1.29 is 20.1 Å². The summed E-state index contributed by atoms with van der Waals surface area (Å²) in [5, 5.41) is 34.2. The predicted molar refractivity (Wildman–Crippen MR) is 79.2 cm³/mol. The second-order valence-corrected chi connectivity index (χ2v) is 5.12. The molecule has 0 saturated heterocycles. The van der Waals surface area contributed by atoms with E-state index in [1.54, 1.807) is 23.0 Å². The van der Waals surface area contributed by atoms with E-state index >= 15 is 0 Å². The van der Waals surface area contributed by atoms with E-state index in [0.717, 1.165) is 5.56 Å². The van der Waals surface area contributed by atoms with Crippen LogP contribution in [0, 0.1) is 0 Å². The number of hydrogen-bond acceptors (Lipinski definition) is 5. The molecular formula is C15H19N3O4. The third-order valence-corrected chi connectivity index (χ3v) is 3.29. The topological polar surface area (TPSA) is 108 Å². The summed E-state index contributed by atoms with van der Waals surface area (Å²) in [5.41, 5.74) is -0.277. The van der Waals surface area contributed by atoms with Crippen LogP contribution in [0.4, 0.5) is 0 Å². The second-order valence-electron chi connectivity index (χ2n) is 5.12. The minimum Gasteiger partial charge on any atom is -0.393 e. The first-order valence-electron chi connectivity index (χ1n) is 6.85. The summed E-state index contributed by atoms with van der Waals surface area (Å²) in [4.78, 5) is 11.9. The minimum atomic E-state index is -1.71. The first-order chi connectivity index (χ1) is 10.6. The van der Waals surface area contributed by atoms with Crippen molar-refractivity contribution >= 4 is 5.91 Å². The molecular weight excluding hydrogens is 286 g/mol. The highest BCUT2D eigenvalue weighted by Crippen LogP contribution is 2.07. The van der Waals surface area contributed by atoms with Gasteiger partial charge >= 0.3 is 0 Å². The number of aliphatic hydroxyl groups excluding tert-OH is 2. The largest absolute Gasteiger partial charge is 0.393 e. The molecule has 0 fully saturated rings. The summed E-state index contributed by atoms with van der Waals surface area (Å²) < 4.78 is 1.78. The highest BCUT2D eigenvalue weighted by Gasteiger charge is 2.25. The Morgan fingerprint density at radius 2 is 1.91 bits per heavy atom. The van der Waals surface area contributed by atoms with E-state index in [1.807, 2.05) is 24.4 Å². The molecule has 0 aliphatic rings. The van der Waals surface area contributed by atoms with Crippen molar-refractivity contribution in [3.8, 4) is 0 Å². The van der Waals surface area contributed by atoms with Gasteiger partial charge in [0.05, 0.1) is 26.3 Å². The first kappa shape index (κ1) is 16.2. The van der Waals surface area contributed by atoms with E-state index in [-0.39, 0.29) is 12.5 Å². The van der Waals surface area contributed by atoms with E-state index in [2.05, 4.69) is 10.4 Å². The van der Waals surface area contributed by atoms with Crippen LogP contribution in [0.1, 0.15) is 15.9 Å². The zero-order valence-electron chi connectivity index (χ0n) is 12.0. The Hall–Kier alpha value is -2.22. The molecule has 1 aromatic heterocycles. The van der Waals surface area contributed by atoms with Gasteiger partial charge in [-0.15, -0.1) is 0 Å². The van der Waals surface area contributed by atoms with Crippen molar-refractivity contribution in [3.63, 3.8) is 0 Å². The monoisotopic (exact) mass is 305 g/mol. The molecule has 0 bridgehead atoms. The van der Waals surface area contributed by atoms with Crippen molar-refractivity contribution in [2.24, 2.45) is 0 Å². The summed E-state index contributed by atoms with van der Waals surface area (Å²) >= 11 is 0. The van der Waals surface area contributed by atoms with Crippen LogP contribution < -0.4 is 5.32 Å². The first-order valence-corrected chi connectivity index (χ1v) is 6.85. The molecule has 0 atom stereocenters. The van der Waals surface area contributed by atoms with E-state index in [9.17, 15) is 9.90 Å². The Bertz CT molecular complexity index is 592. The predicted octanol–water partition coefficient (Wildman–Crippen LogP) is -0.623. The Balaban J connectivity index is 1.93. The van der Waals surface area contributed by atoms with Crippen LogP contribution in [0.2, 0.25) is 0 Å². The third kappa shape index (κ3) is 4.14. The van der Waals surface area contributed by atoms with Gasteiger partial charge < -0.3 is 20.6 Å². The van der Waals surface area contributed by atoms with Crippen LogP contribution >= 0.6 is 0 Å². The van der Waals surface area contributed by atoms with Gasteiger partial charge in [0.1, 0.15) is 5.60 Å². The molecule has 1 amide bonds. The van der Waals surface area contributed by atoms with Gasteiger partial charge in [-0.1, -0.05) is 12.1 Å². The summed E-state index contributed by atoms with van der Waals surface area (Å²) in [6.07, 6.45) is 3.55. The zero-order chi connectivity index (χ0) is 16.0. The third-order valence-electron chi connectivity index (χ3n) is 3.29. The Labute approximate surface area is 127 Å². The molecule has 118 valence electrons. The molecule has 2 rings (SSSR count). The van der Waals surface area contributed by atoms with Gasteiger partial charge in [0.2, 0.25) is 0 Å². The van der Waals surface area contributed by atoms with Crippen LogP contribution in [-0.2, 0) is 6.54 Å². The van der Waals surface area contributed by atoms with Crippen LogP contribution in [-0.4, -0.2) is 56.4 Å². The van der Waals surface area contributed by atoms with Gasteiger partial charge in [-0.05, 0) is 23.8 Å². The molecule has 22 heavy (non-hydrogen) atoms. The van der Waals surface area contributed by atoms with Gasteiger partial charge in [-0.3, -0.25) is 9.48 Å². The van der Waals surface area contributed by atoms with E-state index in [0.29, 0.717) is 12.1 Å². The van der Waals surface area contributed by atoms with Gasteiger partial charge in [0.15, 0.2) is 0 Å². The molecule has 0 aliphatic carbocycles. The fourth-order valence-electron chi connectivity index (χ4n) is 1.85. The Kier molecular flexibility index (Phi) is 5.26. The quantitative estimate of drug-likeness (QED) is 0.545. The smallest absolute Gasteiger partial charge is 0.251 e. The molecule has 7 nitrogen and oxygen atoms in total. The number of nitrogens with zero attached hydrogens (tertiary/aromatic N) is 2. The van der Waals surface area contributed by atoms with Crippen molar-refractivity contribution in [1.82, 2.24) is 15.1 Å². The summed E-state index contributed by atoms with van der Waals surface area (Å²) in [6, 6.07) is 8.82. The summed E-state index contributed by atoms with van der Waals surface area (Å²) in [6.45, 7) is -0.878. The van der Waals surface area contributed by atoms with Gasteiger partial charge in [0, 0.05) is 18.0 Å². The van der Waals surface area contributed by atoms with Crippen LogP contribution in [0.25, 0.3) is 0 Å². The summed E-state index contributed by atoms with van der Waals surface area (Å²) in [7, 11) is 0. The molecule has 1 heterocycles. The number of aromatic nitrogens is 2. The van der Waals surface area contributed by atoms with Crippen LogP contribution in [0.3, 0.4) is 0 Å². The average molecular weight is 305 g/mol. The molecule has 1 aromatic carbocycles. The zero-order valence-corrected chi connectivity index (χ0v) is 12.0. The van der Waals surface area contributed by atoms with E-state index in [4.69, 9.17) is 10.2 Å². The number of carbonyl (C=O) groups excluding carboxylic acids is 1. The number of amides is 1. The Morgan fingerprint density at radius 3 is 2.45 bits per heavy atom. The standard InChI is InChI=1S/C15H19N3O4/c19-10-15(22,11-20)9-16-14(21)13-4-2-12(3-5-13)8-18-7-1-6-17-18/h1-7,19-20,22H,8-11H2,(H,16,21). The molecule has 0 aliphatic heterocycles. The molecule has 2 aromatic rings. The van der Waals surface area contributed by atoms with Crippen molar-refractivity contribution in [1.29, 1.82) is 0 Å². The number of benzene rings is 1. The van der Waals surface area contributed by atoms with Gasteiger partial charge in [-0.2, -0.15) is 5.10 Å². The highest BCUT2D eigenvalue weighted by atomic mass is 16.4. The van der Waals surface area contributed by atoms with Crippen molar-refractivity contribution in [3.05, 3.63) is 53.9 Å². The SMILES string of the molecule is O=C(NCC(O)(CO)CO)c1ccc(Cn2cccn2)cc1. The van der Waals surface area contributed by atoms with Crippen molar-refractivity contribution in [2.75, 3.05) is 19.8 Å². The summed E-state index contributed by atoms with van der Waals surface area (Å²) in [5.74, 6) is -0.383. The van der Waals surface area contributed by atoms with Gasteiger partial charge in [-0.25, -0.2) is 0 Å². The molecule has 0 unspecified atom stereocenters. The lowest BCUT2D eigenvalue weighted by Crippen LogP contribution is -2.48. The normalized spacial score (nSPS) is 11.4. The number of rotatable bonds is 7. The number of aliphatic hydroxyl groups is 3. The highest BCUT2D eigenvalue weighted by molar-refractivity contribution is 5.94. The van der Waals surface area contributed by atoms with Crippen LogP contribution in [0.5, 0.6) is 0 Å². The molecule has 0 spiro atoms.